The number of benzene rings is 4. The van der Waals surface area contributed by atoms with E-state index in [1.807, 2.05) is 37.3 Å². The maximum absolute atomic E-state index is 7.01. The summed E-state index contributed by atoms with van der Waals surface area (Å²) in [4.78, 5) is 4.60. The molecule has 1 atom stereocenters. The van der Waals surface area contributed by atoms with Gasteiger partial charge in [0.1, 0.15) is 17.1 Å². The van der Waals surface area contributed by atoms with Crippen LogP contribution in [0.3, 0.4) is 0 Å². The summed E-state index contributed by atoms with van der Waals surface area (Å²) in [5.41, 5.74) is 8.73. The molecule has 0 amide bonds. The summed E-state index contributed by atoms with van der Waals surface area (Å²) < 4.78 is 12.9. The molecular weight excluding hydrogens is 506 g/mol. The quantitative estimate of drug-likeness (QED) is 0.225. The lowest BCUT2D eigenvalue weighted by atomic mass is 9.94. The minimum Gasteiger partial charge on any atom is -0.459 e. The first-order valence-electron chi connectivity index (χ1n) is 13.9. The van der Waals surface area contributed by atoms with Crippen LogP contribution in [0.1, 0.15) is 39.3 Å². The van der Waals surface area contributed by atoms with Crippen molar-refractivity contribution in [3.63, 3.8) is 0 Å². The molecule has 0 saturated carbocycles. The molecule has 0 spiro atoms. The van der Waals surface area contributed by atoms with E-state index in [9.17, 15) is 0 Å². The molecule has 0 aliphatic carbocycles. The maximum Gasteiger partial charge on any atom is 0.231 e. The maximum atomic E-state index is 7.01. The van der Waals surface area contributed by atoms with E-state index in [2.05, 4.69) is 120 Å². The molecule has 0 fully saturated rings. The van der Waals surface area contributed by atoms with Crippen LogP contribution in [0.2, 0.25) is 0 Å². The Bertz CT molecular complexity index is 1770. The molecule has 5 nitrogen and oxygen atoms in total. The topological polar surface area (TPSA) is 41.7 Å². The Morgan fingerprint density at radius 1 is 0.756 bits per heavy atom. The molecule has 7 rings (SSSR count). The van der Waals surface area contributed by atoms with Crippen LogP contribution in [-0.4, -0.2) is 11.7 Å². The normalized spacial score (nSPS) is 17.8. The highest BCUT2D eigenvalue weighted by Gasteiger charge is 2.53. The van der Waals surface area contributed by atoms with Crippen LogP contribution in [0.5, 0.6) is 5.75 Å². The molecule has 2 aliphatic heterocycles. The molecule has 0 radical (unpaired) electrons. The van der Waals surface area contributed by atoms with Crippen LogP contribution in [0.15, 0.2) is 114 Å². The van der Waals surface area contributed by atoms with Gasteiger partial charge >= 0.3 is 0 Å². The number of hydrogen-bond donors (Lipinski definition) is 0. The number of hydrogen-bond acceptors (Lipinski definition) is 5. The Morgan fingerprint density at radius 3 is 2.20 bits per heavy atom. The van der Waals surface area contributed by atoms with Crippen molar-refractivity contribution >= 4 is 29.2 Å². The van der Waals surface area contributed by atoms with Crippen molar-refractivity contribution in [1.29, 1.82) is 0 Å². The Kier molecular flexibility index (Phi) is 6.01. The summed E-state index contributed by atoms with van der Waals surface area (Å²) >= 11 is 0. The van der Waals surface area contributed by atoms with Gasteiger partial charge in [-0.05, 0) is 50.1 Å². The first-order valence-corrected chi connectivity index (χ1v) is 13.9. The fraction of sp³-hybridized carbons (Fsp3) is 0.139. The van der Waals surface area contributed by atoms with Gasteiger partial charge < -0.3 is 14.2 Å². The van der Waals surface area contributed by atoms with Crippen LogP contribution in [-0.2, 0) is 5.72 Å². The molecule has 1 unspecified atom stereocenters. The number of aromatic nitrogens is 1. The zero-order valence-electron chi connectivity index (χ0n) is 23.4. The Labute approximate surface area is 240 Å². The van der Waals surface area contributed by atoms with Gasteiger partial charge in [-0.1, -0.05) is 113 Å². The molecule has 41 heavy (non-hydrogen) atoms. The second kappa shape index (κ2) is 9.86. The van der Waals surface area contributed by atoms with E-state index >= 15 is 0 Å². The number of fused-ring (bicyclic) bond motifs is 3. The monoisotopic (exact) mass is 537 g/mol. The van der Waals surface area contributed by atoms with E-state index in [1.54, 1.807) is 0 Å². The summed E-state index contributed by atoms with van der Waals surface area (Å²) in [6, 6.07) is 35.9. The van der Waals surface area contributed by atoms with E-state index < -0.39 is 5.72 Å². The van der Waals surface area contributed by atoms with Gasteiger partial charge in [0.2, 0.25) is 5.72 Å². The average molecular weight is 538 g/mol. The third kappa shape index (κ3) is 4.30. The number of aryl methyl sites for hydroxylation is 3. The predicted octanol–water partition coefficient (Wildman–Crippen LogP) is 8.34. The fourth-order valence-electron chi connectivity index (χ4n) is 5.80. The van der Waals surface area contributed by atoms with Crippen molar-refractivity contribution in [2.24, 2.45) is 0 Å². The molecule has 1 aromatic heterocycles. The minimum absolute atomic E-state index is 0.536. The van der Waals surface area contributed by atoms with Crippen LogP contribution in [0.25, 0.3) is 17.8 Å². The van der Waals surface area contributed by atoms with Crippen LogP contribution < -0.4 is 14.5 Å². The van der Waals surface area contributed by atoms with Crippen molar-refractivity contribution in [2.45, 2.75) is 26.5 Å². The third-order valence-electron chi connectivity index (χ3n) is 7.87. The largest absolute Gasteiger partial charge is 0.459 e. The van der Waals surface area contributed by atoms with E-state index in [1.165, 1.54) is 11.1 Å². The van der Waals surface area contributed by atoms with Gasteiger partial charge in [-0.15, -0.1) is 0 Å². The van der Waals surface area contributed by atoms with Gasteiger partial charge in [0.15, 0.2) is 5.76 Å². The molecule has 5 aromatic rings. The van der Waals surface area contributed by atoms with Crippen LogP contribution in [0.4, 0.5) is 11.4 Å². The van der Waals surface area contributed by atoms with Crippen LogP contribution >= 0.6 is 0 Å². The lowest BCUT2D eigenvalue weighted by molar-refractivity contribution is 0.103. The number of anilines is 2. The van der Waals surface area contributed by atoms with Gasteiger partial charge in [0.05, 0.1) is 17.9 Å². The first kappa shape index (κ1) is 25.0. The Balaban J connectivity index is 1.43. The highest BCUT2D eigenvalue weighted by Crippen LogP contribution is 2.54. The highest BCUT2D eigenvalue weighted by atomic mass is 16.5. The molecule has 0 N–H and O–H groups in total. The number of ether oxygens (including phenoxy) is 1. The van der Waals surface area contributed by atoms with E-state index in [0.717, 1.165) is 45.2 Å². The van der Waals surface area contributed by atoms with Crippen LogP contribution in [0, 0.1) is 20.8 Å². The zero-order valence-corrected chi connectivity index (χ0v) is 23.4. The summed E-state index contributed by atoms with van der Waals surface area (Å²) in [6.45, 7) is 6.75. The zero-order chi connectivity index (χ0) is 28.0. The Hall–Kier alpha value is -5.03. The van der Waals surface area contributed by atoms with Crippen molar-refractivity contribution in [2.75, 3.05) is 16.3 Å². The Morgan fingerprint density at radius 2 is 1.44 bits per heavy atom. The lowest BCUT2D eigenvalue weighted by Crippen LogP contribution is -2.56. The predicted molar refractivity (Wildman–Crippen MR) is 166 cm³/mol. The molecule has 2 aliphatic rings. The number of para-hydroxylation sites is 2. The average Bonchev–Trinajstić information content (AvgIpc) is 3.54. The van der Waals surface area contributed by atoms with Gasteiger partial charge in [-0.2, -0.15) is 0 Å². The van der Waals surface area contributed by atoms with Crippen molar-refractivity contribution in [3.05, 3.63) is 149 Å². The molecule has 202 valence electrons. The van der Waals surface area contributed by atoms with E-state index in [4.69, 9.17) is 9.26 Å². The first-order chi connectivity index (χ1) is 20.0. The van der Waals surface area contributed by atoms with E-state index in [0.29, 0.717) is 12.3 Å². The summed E-state index contributed by atoms with van der Waals surface area (Å²) in [5, 5.41) is 4.39. The molecular formula is C36H31N3O2. The molecule has 0 bridgehead atoms. The van der Waals surface area contributed by atoms with Gasteiger partial charge in [0, 0.05) is 11.8 Å². The molecule has 0 saturated heterocycles. The van der Waals surface area contributed by atoms with Gasteiger partial charge in [-0.3, -0.25) is 4.90 Å². The van der Waals surface area contributed by atoms with Gasteiger partial charge in [0.25, 0.3) is 0 Å². The van der Waals surface area contributed by atoms with Crippen molar-refractivity contribution in [3.8, 4) is 5.75 Å². The smallest absolute Gasteiger partial charge is 0.231 e. The number of nitrogens with zero attached hydrogens (tertiary/aromatic N) is 3. The summed E-state index contributed by atoms with van der Waals surface area (Å²) in [7, 11) is 0. The third-order valence-corrected chi connectivity index (χ3v) is 7.87. The second-order valence-electron chi connectivity index (χ2n) is 10.8. The number of rotatable bonds is 5. The van der Waals surface area contributed by atoms with Crippen molar-refractivity contribution < 1.29 is 9.26 Å². The molecule has 4 aromatic carbocycles. The molecule has 5 heteroatoms. The fourth-order valence-corrected chi connectivity index (χ4v) is 5.80. The summed E-state index contributed by atoms with van der Waals surface area (Å²) in [6.07, 6.45) is 6.27. The lowest BCUT2D eigenvalue weighted by Gasteiger charge is -2.46. The molecule has 3 heterocycles. The van der Waals surface area contributed by atoms with Crippen molar-refractivity contribution in [1.82, 2.24) is 5.16 Å². The minimum atomic E-state index is -0.809. The standard InChI is InChI=1S/C36H31N3O2/c1-25-13-18-29(19-14-25)32-23-38(35-27(3)37-41-34(35)22-17-28-9-5-4-6-10-28)24-36(30-20-15-26(2)16-21-30)39(32)31-11-7-8-12-33(31)40-36/h4-23H,24H2,1-3H3/b22-17+. The second-order valence-corrected chi connectivity index (χ2v) is 10.8. The summed E-state index contributed by atoms with van der Waals surface area (Å²) in [5.74, 6) is 1.56. The van der Waals surface area contributed by atoms with Gasteiger partial charge in [-0.25, -0.2) is 0 Å². The SMILES string of the molecule is Cc1ccc(C2=CN(c3c(C)noc3/C=C/c3ccccc3)CC3(c4ccc(C)cc4)Oc4ccccc4N23)cc1. The highest BCUT2D eigenvalue weighted by molar-refractivity contribution is 5.89. The van der Waals surface area contributed by atoms with E-state index in [-0.39, 0.29) is 0 Å².